The van der Waals surface area contributed by atoms with Crippen LogP contribution in [0.2, 0.25) is 0 Å². The van der Waals surface area contributed by atoms with Gasteiger partial charge in [0, 0.05) is 0 Å². The first-order chi connectivity index (χ1) is 8.15. The molecule has 0 unspecified atom stereocenters. The third kappa shape index (κ3) is 2.21. The Bertz CT molecular complexity index is 599. The summed E-state index contributed by atoms with van der Waals surface area (Å²) >= 11 is -0.202. The summed E-state index contributed by atoms with van der Waals surface area (Å²) in [7, 11) is 0. The Morgan fingerprint density at radius 1 is 1.47 bits per heavy atom. The maximum atomic E-state index is 12.1. The number of aromatic nitrogens is 1. The van der Waals surface area contributed by atoms with Crippen molar-refractivity contribution in [3.63, 3.8) is 0 Å². The van der Waals surface area contributed by atoms with Gasteiger partial charge in [0.25, 0.3) is 0 Å². The minimum atomic E-state index is -0.908. The van der Waals surface area contributed by atoms with Gasteiger partial charge in [-0.3, -0.25) is 0 Å². The molecule has 1 aromatic heterocycles. The molecule has 0 fully saturated rings. The van der Waals surface area contributed by atoms with Crippen LogP contribution in [0.15, 0.2) is 29.1 Å². The average Bonchev–Trinajstić information content (AvgIpc) is 2.64. The third-order valence-electron chi connectivity index (χ3n) is 2.64. The van der Waals surface area contributed by atoms with Crippen LogP contribution in [0.1, 0.15) is 25.8 Å². The molecule has 1 atom stereocenters. The van der Waals surface area contributed by atoms with Crippen molar-refractivity contribution in [3.8, 4) is 0 Å². The van der Waals surface area contributed by atoms with Gasteiger partial charge in [-0.15, -0.1) is 0 Å². The van der Waals surface area contributed by atoms with E-state index in [1.165, 1.54) is 3.56 Å². The van der Waals surface area contributed by atoms with Gasteiger partial charge >= 0.3 is 104 Å². The van der Waals surface area contributed by atoms with Crippen LogP contribution < -0.4 is 5.56 Å². The Morgan fingerprint density at radius 2 is 2.18 bits per heavy atom. The van der Waals surface area contributed by atoms with Gasteiger partial charge in [0.15, 0.2) is 0 Å². The predicted octanol–water partition coefficient (Wildman–Crippen LogP) is 1.48. The van der Waals surface area contributed by atoms with Crippen LogP contribution in [-0.2, 0) is 4.79 Å². The summed E-state index contributed by atoms with van der Waals surface area (Å²) < 4.78 is 2.50. The van der Waals surface area contributed by atoms with E-state index in [-0.39, 0.29) is 20.3 Å². The van der Waals surface area contributed by atoms with Gasteiger partial charge < -0.3 is 0 Å². The molecule has 0 aliphatic rings. The molecule has 0 saturated heterocycles. The first-order valence-corrected chi connectivity index (χ1v) is 7.10. The summed E-state index contributed by atoms with van der Waals surface area (Å²) in [5.41, 5.74) is -0.138. The Balaban J connectivity index is 2.57. The first kappa shape index (κ1) is 12.1. The fourth-order valence-electron chi connectivity index (χ4n) is 1.81. The van der Waals surface area contributed by atoms with Crippen molar-refractivity contribution in [2.75, 3.05) is 0 Å². The molecular formula is C12H13NO3Se. The molecule has 0 saturated carbocycles. The topological polar surface area (TPSA) is 59.3 Å². The summed E-state index contributed by atoms with van der Waals surface area (Å²) in [5, 5.41) is 9.84. The van der Waals surface area contributed by atoms with Gasteiger partial charge in [0.2, 0.25) is 0 Å². The summed E-state index contributed by atoms with van der Waals surface area (Å²) in [5.74, 6) is -0.908. The van der Waals surface area contributed by atoms with E-state index in [1.807, 2.05) is 25.1 Å². The standard InChI is InChI=1S/C12H13NO3Se/c1-2-5-9(12(15)16)13-11(14)8-6-3-4-7-10(8)17-13/h3-4,6-7,9H,2,5H2,1H3,(H,15,16)/t9-/m0/s1. The number of nitrogens with zero attached hydrogens (tertiary/aromatic N) is 1. The molecule has 0 aliphatic heterocycles. The normalized spacial score (nSPS) is 12.8. The second-order valence-corrected chi connectivity index (χ2v) is 5.99. The van der Waals surface area contributed by atoms with Crippen molar-refractivity contribution < 1.29 is 9.90 Å². The van der Waals surface area contributed by atoms with Crippen LogP contribution in [-0.4, -0.2) is 29.4 Å². The molecule has 0 bridgehead atoms. The van der Waals surface area contributed by atoms with Crippen LogP contribution in [0.3, 0.4) is 0 Å². The minimum absolute atomic E-state index is 0.138. The van der Waals surface area contributed by atoms with Crippen LogP contribution >= 0.6 is 0 Å². The Hall–Kier alpha value is -1.32. The van der Waals surface area contributed by atoms with E-state index in [4.69, 9.17) is 0 Å². The SMILES string of the molecule is CCC[C@@H](C(=O)O)n1[se]c2ccccc2c1=O. The molecule has 2 aromatic rings. The van der Waals surface area contributed by atoms with Crippen molar-refractivity contribution in [1.29, 1.82) is 0 Å². The molecule has 90 valence electrons. The maximum absolute atomic E-state index is 12.1. The van der Waals surface area contributed by atoms with E-state index < -0.39 is 12.0 Å². The third-order valence-corrected chi connectivity index (χ3v) is 5.10. The number of hydrogen-bond donors (Lipinski definition) is 1. The molecule has 5 heteroatoms. The number of carboxylic acid groups (broad SMARTS) is 1. The molecule has 2 rings (SSSR count). The van der Waals surface area contributed by atoms with E-state index in [0.29, 0.717) is 11.8 Å². The fraction of sp³-hybridized carbons (Fsp3) is 0.333. The molecule has 1 heterocycles. The van der Waals surface area contributed by atoms with Crippen molar-refractivity contribution in [3.05, 3.63) is 34.6 Å². The summed E-state index contributed by atoms with van der Waals surface area (Å²) in [6.45, 7) is 1.93. The first-order valence-electron chi connectivity index (χ1n) is 5.48. The van der Waals surface area contributed by atoms with E-state index in [9.17, 15) is 14.7 Å². The van der Waals surface area contributed by atoms with E-state index in [0.717, 1.165) is 10.7 Å². The molecule has 1 aromatic carbocycles. The van der Waals surface area contributed by atoms with Crippen molar-refractivity contribution in [2.45, 2.75) is 25.8 Å². The number of carbonyl (C=O) groups is 1. The Morgan fingerprint density at radius 3 is 2.76 bits per heavy atom. The van der Waals surface area contributed by atoms with Gasteiger partial charge in [-0.05, 0) is 0 Å². The van der Waals surface area contributed by atoms with E-state index >= 15 is 0 Å². The number of benzene rings is 1. The van der Waals surface area contributed by atoms with Crippen LogP contribution in [0, 0.1) is 0 Å². The summed E-state index contributed by atoms with van der Waals surface area (Å²) in [4.78, 5) is 23.3. The second kappa shape index (κ2) is 4.90. The Labute approximate surface area is 104 Å². The van der Waals surface area contributed by atoms with Crippen molar-refractivity contribution in [2.24, 2.45) is 0 Å². The van der Waals surface area contributed by atoms with Crippen molar-refractivity contribution in [1.82, 2.24) is 3.56 Å². The number of carboxylic acids is 1. The van der Waals surface area contributed by atoms with Crippen LogP contribution in [0.25, 0.3) is 9.65 Å². The Kier molecular flexibility index (Phi) is 3.50. The zero-order valence-electron chi connectivity index (χ0n) is 9.42. The number of hydrogen-bond acceptors (Lipinski definition) is 2. The van der Waals surface area contributed by atoms with Gasteiger partial charge in [-0.2, -0.15) is 0 Å². The quantitative estimate of drug-likeness (QED) is 0.870. The predicted molar refractivity (Wildman–Crippen MR) is 66.7 cm³/mol. The molecule has 1 N–H and O–H groups in total. The van der Waals surface area contributed by atoms with Gasteiger partial charge in [-0.1, -0.05) is 0 Å². The van der Waals surface area contributed by atoms with Crippen molar-refractivity contribution >= 4 is 30.3 Å². The van der Waals surface area contributed by atoms with Crippen LogP contribution in [0.5, 0.6) is 0 Å². The van der Waals surface area contributed by atoms with Gasteiger partial charge in [0.1, 0.15) is 0 Å². The summed E-state index contributed by atoms with van der Waals surface area (Å²) in [6, 6.07) is 6.68. The van der Waals surface area contributed by atoms with E-state index in [2.05, 4.69) is 0 Å². The molecule has 0 radical (unpaired) electrons. The number of rotatable bonds is 4. The molecular weight excluding hydrogens is 285 g/mol. The molecule has 0 spiro atoms. The number of fused-ring (bicyclic) bond motifs is 1. The number of aliphatic carboxylic acids is 1. The van der Waals surface area contributed by atoms with Crippen LogP contribution in [0.4, 0.5) is 0 Å². The monoisotopic (exact) mass is 299 g/mol. The zero-order chi connectivity index (χ0) is 12.4. The van der Waals surface area contributed by atoms with Gasteiger partial charge in [-0.25, -0.2) is 0 Å². The molecule has 17 heavy (non-hydrogen) atoms. The molecule has 0 aliphatic carbocycles. The zero-order valence-corrected chi connectivity index (χ0v) is 11.1. The second-order valence-electron chi connectivity index (χ2n) is 3.86. The fourth-order valence-corrected chi connectivity index (χ4v) is 4.14. The summed E-state index contributed by atoms with van der Waals surface area (Å²) in [6.07, 6.45) is 1.27. The van der Waals surface area contributed by atoms with E-state index in [1.54, 1.807) is 6.07 Å². The van der Waals surface area contributed by atoms with Gasteiger partial charge in [0.05, 0.1) is 0 Å². The molecule has 0 amide bonds. The average molecular weight is 298 g/mol. The molecule has 4 nitrogen and oxygen atoms in total.